The van der Waals surface area contributed by atoms with Crippen LogP contribution >= 0.6 is 0 Å². The molecule has 10 heteroatoms. The molecule has 1 saturated heterocycles. The third-order valence-electron chi connectivity index (χ3n) is 7.36. The first kappa shape index (κ1) is 27.8. The van der Waals surface area contributed by atoms with Crippen LogP contribution in [0.4, 0.5) is 19.0 Å². The van der Waals surface area contributed by atoms with Crippen molar-refractivity contribution >= 4 is 22.8 Å². The molecule has 0 aliphatic carbocycles. The van der Waals surface area contributed by atoms with E-state index in [1.54, 1.807) is 20.8 Å². The lowest BCUT2D eigenvalue weighted by atomic mass is 9.88. The molecule has 0 spiro atoms. The third-order valence-corrected chi connectivity index (χ3v) is 7.36. The summed E-state index contributed by atoms with van der Waals surface area (Å²) in [6, 6.07) is 5.04. The summed E-state index contributed by atoms with van der Waals surface area (Å²) in [5, 5.41) is 13.8. The zero-order valence-corrected chi connectivity index (χ0v) is 22.6. The van der Waals surface area contributed by atoms with Gasteiger partial charge in [0.15, 0.2) is 5.65 Å². The second-order valence-corrected chi connectivity index (χ2v) is 10.6. The van der Waals surface area contributed by atoms with Crippen molar-refractivity contribution in [3.05, 3.63) is 58.3 Å². The standard InChI is InChI=1S/C28H34F3N5O2/c1-15(20-8-7-9-23(24(20)29)28(30,31)27(5,6)38)32-25-22-14-21(16(2)33-26(22)35-17(3)34-25)19-10-12-36(13-11-19)18(4)37/h7-9,14-15,19,38H,10-13H2,1-6H3,(H,32,33,34,35). The Morgan fingerprint density at radius 1 is 1.16 bits per heavy atom. The highest BCUT2D eigenvalue weighted by atomic mass is 19.3. The van der Waals surface area contributed by atoms with E-state index >= 15 is 4.39 Å². The minimum atomic E-state index is -3.79. The normalized spacial score (nSPS) is 16.1. The van der Waals surface area contributed by atoms with Gasteiger partial charge in [0, 0.05) is 31.3 Å². The van der Waals surface area contributed by atoms with E-state index < -0.39 is 28.9 Å². The van der Waals surface area contributed by atoms with Crippen molar-refractivity contribution in [1.29, 1.82) is 0 Å². The molecule has 2 aromatic heterocycles. The van der Waals surface area contributed by atoms with Crippen LogP contribution in [0.25, 0.3) is 11.0 Å². The summed E-state index contributed by atoms with van der Waals surface area (Å²) >= 11 is 0. The first-order valence-electron chi connectivity index (χ1n) is 12.8. The second-order valence-electron chi connectivity index (χ2n) is 10.6. The SMILES string of the molecule is CC(=O)N1CCC(c2cc3c(NC(C)c4cccc(C(F)(F)C(C)(C)O)c4F)nc(C)nc3nc2C)CC1. The number of amides is 1. The number of aromatic nitrogens is 3. The molecule has 3 aromatic rings. The molecule has 0 saturated carbocycles. The van der Waals surface area contributed by atoms with Gasteiger partial charge < -0.3 is 15.3 Å². The van der Waals surface area contributed by atoms with Crippen LogP contribution in [-0.2, 0) is 10.7 Å². The van der Waals surface area contributed by atoms with E-state index in [9.17, 15) is 18.7 Å². The minimum Gasteiger partial charge on any atom is -0.384 e. The van der Waals surface area contributed by atoms with Crippen molar-refractivity contribution < 1.29 is 23.1 Å². The summed E-state index contributed by atoms with van der Waals surface area (Å²) in [5.41, 5.74) is -0.907. The lowest BCUT2D eigenvalue weighted by molar-refractivity contribution is -0.170. The molecule has 1 atom stereocenters. The van der Waals surface area contributed by atoms with E-state index in [4.69, 9.17) is 4.98 Å². The average molecular weight is 530 g/mol. The Hall–Kier alpha value is -3.27. The molecule has 1 fully saturated rings. The first-order valence-corrected chi connectivity index (χ1v) is 12.8. The fourth-order valence-corrected chi connectivity index (χ4v) is 5.04. The fraction of sp³-hybridized carbons (Fsp3) is 0.500. The van der Waals surface area contributed by atoms with Gasteiger partial charge in [0.25, 0.3) is 0 Å². The maximum Gasteiger partial charge on any atom is 0.303 e. The molecule has 0 bridgehead atoms. The van der Waals surface area contributed by atoms with E-state index in [1.807, 2.05) is 17.9 Å². The van der Waals surface area contributed by atoms with Crippen LogP contribution in [0.5, 0.6) is 0 Å². The first-order chi connectivity index (χ1) is 17.7. The predicted octanol–water partition coefficient (Wildman–Crippen LogP) is 5.54. The molecular weight excluding hydrogens is 495 g/mol. The summed E-state index contributed by atoms with van der Waals surface area (Å²) in [6.07, 6.45) is 1.62. The quantitative estimate of drug-likeness (QED) is 0.436. The van der Waals surface area contributed by atoms with Crippen LogP contribution in [0.1, 0.15) is 80.7 Å². The molecule has 3 heterocycles. The van der Waals surface area contributed by atoms with Gasteiger partial charge in [-0.2, -0.15) is 8.78 Å². The number of aryl methyl sites for hydroxylation is 2. The Morgan fingerprint density at radius 2 is 1.82 bits per heavy atom. The van der Waals surface area contributed by atoms with Crippen molar-refractivity contribution in [3.63, 3.8) is 0 Å². The number of fused-ring (bicyclic) bond motifs is 1. The Morgan fingerprint density at radius 3 is 2.42 bits per heavy atom. The number of anilines is 1. The Kier molecular flexibility index (Phi) is 7.40. The van der Waals surface area contributed by atoms with Gasteiger partial charge in [0.2, 0.25) is 5.91 Å². The highest BCUT2D eigenvalue weighted by Crippen LogP contribution is 2.41. The molecule has 1 aliphatic rings. The van der Waals surface area contributed by atoms with Crippen molar-refractivity contribution in [1.82, 2.24) is 19.9 Å². The van der Waals surface area contributed by atoms with E-state index in [0.717, 1.165) is 44.0 Å². The number of nitrogens with one attached hydrogen (secondary N) is 1. The number of benzene rings is 1. The summed E-state index contributed by atoms with van der Waals surface area (Å²) in [7, 11) is 0. The molecule has 38 heavy (non-hydrogen) atoms. The Bertz CT molecular complexity index is 1360. The lowest BCUT2D eigenvalue weighted by Crippen LogP contribution is -2.41. The molecule has 4 rings (SSSR count). The number of hydrogen-bond donors (Lipinski definition) is 2. The van der Waals surface area contributed by atoms with Gasteiger partial charge >= 0.3 is 5.92 Å². The number of carbonyl (C=O) groups excluding carboxylic acids is 1. The number of rotatable bonds is 6. The number of hydrogen-bond acceptors (Lipinski definition) is 6. The van der Waals surface area contributed by atoms with Crippen LogP contribution < -0.4 is 5.32 Å². The highest BCUT2D eigenvalue weighted by molar-refractivity contribution is 5.87. The van der Waals surface area contributed by atoms with Crippen LogP contribution in [0.2, 0.25) is 0 Å². The molecule has 0 radical (unpaired) electrons. The van der Waals surface area contributed by atoms with Crippen molar-refractivity contribution in [3.8, 4) is 0 Å². The van der Waals surface area contributed by atoms with Gasteiger partial charge in [-0.05, 0) is 71.1 Å². The molecule has 1 amide bonds. The zero-order chi connectivity index (χ0) is 28.0. The van der Waals surface area contributed by atoms with Gasteiger partial charge in [-0.3, -0.25) is 4.79 Å². The van der Waals surface area contributed by atoms with Gasteiger partial charge in [-0.1, -0.05) is 12.1 Å². The molecule has 1 aromatic carbocycles. The van der Waals surface area contributed by atoms with Crippen LogP contribution in [0, 0.1) is 19.7 Å². The van der Waals surface area contributed by atoms with Crippen LogP contribution in [0.3, 0.4) is 0 Å². The highest BCUT2D eigenvalue weighted by Gasteiger charge is 2.49. The van der Waals surface area contributed by atoms with Gasteiger partial charge in [0.05, 0.1) is 17.0 Å². The van der Waals surface area contributed by atoms with E-state index in [0.29, 0.717) is 35.8 Å². The number of carbonyl (C=O) groups is 1. The smallest absolute Gasteiger partial charge is 0.303 e. The summed E-state index contributed by atoms with van der Waals surface area (Å²) in [5.74, 6) is -3.70. The lowest BCUT2D eigenvalue weighted by Gasteiger charge is -2.32. The number of nitrogens with zero attached hydrogens (tertiary/aromatic N) is 4. The monoisotopic (exact) mass is 529 g/mol. The van der Waals surface area contributed by atoms with Gasteiger partial charge in [-0.25, -0.2) is 19.3 Å². The Labute approximate surface area is 220 Å². The number of piperidine rings is 1. The summed E-state index contributed by atoms with van der Waals surface area (Å²) < 4.78 is 45.0. The van der Waals surface area contributed by atoms with E-state index in [-0.39, 0.29) is 17.4 Å². The molecule has 7 nitrogen and oxygen atoms in total. The number of aliphatic hydroxyl groups is 1. The topological polar surface area (TPSA) is 91.2 Å². The molecule has 2 N–H and O–H groups in total. The zero-order valence-electron chi connectivity index (χ0n) is 22.6. The molecule has 1 aliphatic heterocycles. The van der Waals surface area contributed by atoms with Gasteiger partial charge in [0.1, 0.15) is 23.1 Å². The number of halogens is 3. The van der Waals surface area contributed by atoms with Crippen LogP contribution in [0.15, 0.2) is 24.3 Å². The van der Waals surface area contributed by atoms with Gasteiger partial charge in [-0.15, -0.1) is 0 Å². The second kappa shape index (κ2) is 10.1. The molecule has 1 unspecified atom stereocenters. The van der Waals surface area contributed by atoms with E-state index in [2.05, 4.69) is 15.3 Å². The largest absolute Gasteiger partial charge is 0.384 e. The minimum absolute atomic E-state index is 0.0211. The maximum atomic E-state index is 15.4. The molecular formula is C28H34F3N5O2. The number of pyridine rings is 1. The predicted molar refractivity (Wildman–Crippen MR) is 140 cm³/mol. The summed E-state index contributed by atoms with van der Waals surface area (Å²) in [6.45, 7) is 10.1. The van der Waals surface area contributed by atoms with Crippen LogP contribution in [-0.4, -0.2) is 49.6 Å². The summed E-state index contributed by atoms with van der Waals surface area (Å²) in [4.78, 5) is 27.3. The van der Waals surface area contributed by atoms with Crippen molar-refractivity contribution in [2.24, 2.45) is 0 Å². The number of alkyl halides is 2. The van der Waals surface area contributed by atoms with Crippen molar-refractivity contribution in [2.75, 3.05) is 18.4 Å². The van der Waals surface area contributed by atoms with E-state index in [1.165, 1.54) is 12.1 Å². The third kappa shape index (κ3) is 5.18. The van der Waals surface area contributed by atoms with Crippen molar-refractivity contribution in [2.45, 2.75) is 77.9 Å². The number of likely N-dealkylation sites (tertiary alicyclic amines) is 1. The fourth-order valence-electron chi connectivity index (χ4n) is 5.04. The molecule has 204 valence electrons. The average Bonchev–Trinajstić information content (AvgIpc) is 2.82. The Balaban J connectivity index is 1.70. The maximum absolute atomic E-state index is 15.4.